The molecule has 98 valence electrons. The number of hydrogen-bond acceptors (Lipinski definition) is 2. The smallest absolute Gasteiger partial charge is 0.0809 e. The molecule has 0 heterocycles. The lowest BCUT2D eigenvalue weighted by Gasteiger charge is -2.26. The lowest BCUT2D eigenvalue weighted by molar-refractivity contribution is -0.0939. The van der Waals surface area contributed by atoms with E-state index in [4.69, 9.17) is 9.47 Å². The fourth-order valence-corrected chi connectivity index (χ4v) is 1.58. The topological polar surface area (TPSA) is 18.5 Å². The van der Waals surface area contributed by atoms with E-state index >= 15 is 0 Å². The van der Waals surface area contributed by atoms with E-state index < -0.39 is 0 Å². The molecule has 0 N–H and O–H groups in total. The summed E-state index contributed by atoms with van der Waals surface area (Å²) in [5.74, 6) is 0.590. The Labute approximate surface area is 102 Å². The number of ether oxygens (including phenoxy) is 2. The van der Waals surface area contributed by atoms with Gasteiger partial charge in [-0.05, 0) is 32.6 Å². The second-order valence-corrected chi connectivity index (χ2v) is 5.09. The van der Waals surface area contributed by atoms with Crippen molar-refractivity contribution in [3.63, 3.8) is 0 Å². The molecule has 3 atom stereocenters. The minimum absolute atomic E-state index is 0.188. The van der Waals surface area contributed by atoms with Gasteiger partial charge in [-0.3, -0.25) is 0 Å². The van der Waals surface area contributed by atoms with E-state index in [0.717, 1.165) is 19.4 Å². The maximum Gasteiger partial charge on any atom is 0.0809 e. The van der Waals surface area contributed by atoms with Crippen molar-refractivity contribution in [2.24, 2.45) is 5.92 Å². The second-order valence-electron chi connectivity index (χ2n) is 5.09. The van der Waals surface area contributed by atoms with Gasteiger partial charge >= 0.3 is 0 Å². The Kier molecular flexibility index (Phi) is 8.96. The molecular weight excluding hydrogens is 200 g/mol. The minimum Gasteiger partial charge on any atom is -0.376 e. The summed E-state index contributed by atoms with van der Waals surface area (Å²) in [5.41, 5.74) is 0. The zero-order valence-electron chi connectivity index (χ0n) is 12.0. The van der Waals surface area contributed by atoms with E-state index in [0.29, 0.717) is 12.0 Å². The van der Waals surface area contributed by atoms with Crippen molar-refractivity contribution in [1.82, 2.24) is 0 Å². The third-order valence-corrected chi connectivity index (χ3v) is 2.83. The van der Waals surface area contributed by atoms with Crippen LogP contribution in [0, 0.1) is 5.92 Å². The normalized spacial score (nSPS) is 17.4. The number of hydrogen-bond donors (Lipinski definition) is 0. The summed E-state index contributed by atoms with van der Waals surface area (Å²) in [6, 6.07) is 0. The van der Waals surface area contributed by atoms with Crippen LogP contribution in [0.2, 0.25) is 0 Å². The van der Waals surface area contributed by atoms with Crippen LogP contribution in [0.5, 0.6) is 0 Å². The third kappa shape index (κ3) is 7.24. The molecule has 0 amide bonds. The Morgan fingerprint density at radius 2 is 1.56 bits per heavy atom. The first-order valence-electron chi connectivity index (χ1n) is 6.78. The first kappa shape index (κ1) is 15.9. The lowest BCUT2D eigenvalue weighted by Crippen LogP contribution is -2.31. The van der Waals surface area contributed by atoms with E-state index in [1.165, 1.54) is 6.42 Å². The van der Waals surface area contributed by atoms with Crippen LogP contribution < -0.4 is 0 Å². The molecule has 3 unspecified atom stereocenters. The second kappa shape index (κ2) is 9.00. The molecule has 0 fully saturated rings. The Morgan fingerprint density at radius 1 is 0.938 bits per heavy atom. The van der Waals surface area contributed by atoms with Crippen molar-refractivity contribution in [3.05, 3.63) is 0 Å². The van der Waals surface area contributed by atoms with Gasteiger partial charge in [0, 0.05) is 6.61 Å². The van der Waals surface area contributed by atoms with Crippen molar-refractivity contribution in [2.45, 2.75) is 79.1 Å². The van der Waals surface area contributed by atoms with Crippen LogP contribution in [-0.4, -0.2) is 24.9 Å². The molecule has 0 aromatic carbocycles. The van der Waals surface area contributed by atoms with E-state index in [9.17, 15) is 0 Å². The molecule has 0 spiro atoms. The van der Waals surface area contributed by atoms with Crippen LogP contribution in [0.3, 0.4) is 0 Å². The number of rotatable bonds is 9. The summed E-state index contributed by atoms with van der Waals surface area (Å²) in [4.78, 5) is 0. The average Bonchev–Trinajstić information content (AvgIpc) is 2.24. The van der Waals surface area contributed by atoms with Crippen LogP contribution in [0.1, 0.15) is 60.8 Å². The van der Waals surface area contributed by atoms with Gasteiger partial charge in [-0.15, -0.1) is 0 Å². The lowest BCUT2D eigenvalue weighted by atomic mass is 10.1. The highest BCUT2D eigenvalue weighted by molar-refractivity contribution is 4.65. The average molecular weight is 230 g/mol. The maximum absolute atomic E-state index is 6.01. The molecule has 0 aromatic heterocycles. The molecule has 2 heteroatoms. The molecule has 0 aromatic rings. The van der Waals surface area contributed by atoms with E-state index in [-0.39, 0.29) is 12.2 Å². The van der Waals surface area contributed by atoms with Crippen molar-refractivity contribution < 1.29 is 9.47 Å². The van der Waals surface area contributed by atoms with Crippen LogP contribution >= 0.6 is 0 Å². The van der Waals surface area contributed by atoms with Gasteiger partial charge < -0.3 is 9.47 Å². The van der Waals surface area contributed by atoms with Gasteiger partial charge in [0.05, 0.1) is 18.3 Å². The van der Waals surface area contributed by atoms with Crippen LogP contribution in [0.15, 0.2) is 0 Å². The zero-order valence-corrected chi connectivity index (χ0v) is 12.0. The van der Waals surface area contributed by atoms with Crippen molar-refractivity contribution in [3.8, 4) is 0 Å². The Balaban J connectivity index is 3.87. The fourth-order valence-electron chi connectivity index (χ4n) is 1.58. The fraction of sp³-hybridized carbons (Fsp3) is 1.00. The first-order valence-corrected chi connectivity index (χ1v) is 6.78. The highest BCUT2D eigenvalue weighted by atomic mass is 16.5. The van der Waals surface area contributed by atoms with Crippen molar-refractivity contribution >= 4 is 0 Å². The molecular formula is C14H30O2. The quantitative estimate of drug-likeness (QED) is 0.595. The molecule has 0 rings (SSSR count). The van der Waals surface area contributed by atoms with Crippen LogP contribution in [0.25, 0.3) is 0 Å². The van der Waals surface area contributed by atoms with Gasteiger partial charge in [0.15, 0.2) is 0 Å². The van der Waals surface area contributed by atoms with E-state index in [2.05, 4.69) is 41.5 Å². The minimum atomic E-state index is 0.188. The first-order chi connectivity index (χ1) is 7.51. The molecule has 0 aliphatic carbocycles. The molecule has 16 heavy (non-hydrogen) atoms. The van der Waals surface area contributed by atoms with E-state index in [1.54, 1.807) is 0 Å². The highest BCUT2D eigenvalue weighted by Gasteiger charge is 2.17. The predicted octanol–water partition coefficient (Wildman–Crippen LogP) is 4.03. The molecule has 0 saturated carbocycles. The third-order valence-electron chi connectivity index (χ3n) is 2.83. The van der Waals surface area contributed by atoms with Crippen LogP contribution in [-0.2, 0) is 9.47 Å². The Bertz CT molecular complexity index is 157. The highest BCUT2D eigenvalue weighted by Crippen LogP contribution is 2.13. The molecule has 0 aliphatic rings. The Morgan fingerprint density at radius 3 is 2.00 bits per heavy atom. The molecule has 0 saturated heterocycles. The summed E-state index contributed by atoms with van der Waals surface area (Å²) in [6.07, 6.45) is 4.20. The summed E-state index contributed by atoms with van der Waals surface area (Å²) >= 11 is 0. The van der Waals surface area contributed by atoms with Gasteiger partial charge in [0.2, 0.25) is 0 Å². The summed E-state index contributed by atoms with van der Waals surface area (Å²) in [7, 11) is 0. The molecule has 0 bridgehead atoms. The largest absolute Gasteiger partial charge is 0.376 e. The zero-order chi connectivity index (χ0) is 12.6. The van der Waals surface area contributed by atoms with Gasteiger partial charge in [-0.2, -0.15) is 0 Å². The molecule has 2 nitrogen and oxygen atoms in total. The maximum atomic E-state index is 6.01. The summed E-state index contributed by atoms with van der Waals surface area (Å²) in [5, 5.41) is 0. The standard InChI is InChI=1S/C14H30O2/c1-7-9-14(8-2)16-13(6)12(5)15-10-11(3)4/h11-14H,7-10H2,1-6H3. The predicted molar refractivity (Wildman–Crippen MR) is 69.8 cm³/mol. The van der Waals surface area contributed by atoms with Crippen molar-refractivity contribution in [1.29, 1.82) is 0 Å². The van der Waals surface area contributed by atoms with Gasteiger partial charge in [0.1, 0.15) is 0 Å². The van der Waals surface area contributed by atoms with E-state index in [1.807, 2.05) is 0 Å². The van der Waals surface area contributed by atoms with Gasteiger partial charge in [-0.25, -0.2) is 0 Å². The Hall–Kier alpha value is -0.0800. The van der Waals surface area contributed by atoms with Gasteiger partial charge in [0.25, 0.3) is 0 Å². The van der Waals surface area contributed by atoms with Gasteiger partial charge in [-0.1, -0.05) is 34.1 Å². The van der Waals surface area contributed by atoms with Crippen LogP contribution in [0.4, 0.5) is 0 Å². The summed E-state index contributed by atoms with van der Waals surface area (Å²) in [6.45, 7) is 13.8. The SMILES string of the molecule is CCCC(CC)OC(C)C(C)OCC(C)C. The molecule has 0 radical (unpaired) electrons. The monoisotopic (exact) mass is 230 g/mol. The summed E-state index contributed by atoms with van der Waals surface area (Å²) < 4.78 is 11.8. The van der Waals surface area contributed by atoms with Crippen molar-refractivity contribution in [2.75, 3.05) is 6.61 Å². The molecule has 0 aliphatic heterocycles.